The van der Waals surface area contributed by atoms with E-state index in [0.717, 1.165) is 28.1 Å². The Morgan fingerprint density at radius 3 is 1.73 bits per heavy atom. The summed E-state index contributed by atoms with van der Waals surface area (Å²) in [6.45, 7) is 5.11. The summed E-state index contributed by atoms with van der Waals surface area (Å²) in [6.07, 6.45) is 0. The maximum absolute atomic E-state index is 13.2. The van der Waals surface area contributed by atoms with Crippen LogP contribution in [0.15, 0.2) is 103 Å². The van der Waals surface area contributed by atoms with Gasteiger partial charge >= 0.3 is 5.97 Å². The highest BCUT2D eigenvalue weighted by molar-refractivity contribution is 5.82. The molecule has 0 spiro atoms. The van der Waals surface area contributed by atoms with Gasteiger partial charge in [-0.05, 0) is 35.7 Å². The molecule has 0 radical (unpaired) electrons. The zero-order chi connectivity index (χ0) is 26.8. The molecule has 7 nitrogen and oxygen atoms in total. The number of aryl methyl sites for hydroxylation is 2. The summed E-state index contributed by atoms with van der Waals surface area (Å²) in [5, 5.41) is 0. The molecular formula is C29H28ClNO6. The lowest BCUT2D eigenvalue weighted by atomic mass is 9.91. The van der Waals surface area contributed by atoms with E-state index in [4.69, 9.17) is 23.4 Å². The topological polar surface area (TPSA) is 122 Å². The van der Waals surface area contributed by atoms with Crippen molar-refractivity contribution in [2.75, 3.05) is 6.61 Å². The minimum absolute atomic E-state index is 0.228. The van der Waals surface area contributed by atoms with E-state index in [-0.39, 0.29) is 5.97 Å². The van der Waals surface area contributed by atoms with Gasteiger partial charge in [0.15, 0.2) is 18.8 Å². The van der Waals surface area contributed by atoms with Crippen LogP contribution >= 0.6 is 0 Å². The molecule has 3 aromatic carbocycles. The molecule has 0 N–H and O–H groups in total. The third kappa shape index (κ3) is 8.78. The summed E-state index contributed by atoms with van der Waals surface area (Å²) in [4.78, 5) is 13.2. The lowest BCUT2D eigenvalue weighted by Gasteiger charge is -2.17. The second kappa shape index (κ2) is 13.1. The normalized spacial score (nSPS) is 11.0. The zero-order valence-corrected chi connectivity index (χ0v) is 21.3. The Balaban J connectivity index is 0.000000695. The van der Waals surface area contributed by atoms with Crippen LogP contribution in [0.2, 0.25) is 0 Å². The van der Waals surface area contributed by atoms with Gasteiger partial charge in [0, 0.05) is 24.6 Å². The van der Waals surface area contributed by atoms with Crippen LogP contribution in [0.3, 0.4) is 0 Å². The lowest BCUT2D eigenvalue weighted by molar-refractivity contribution is -2.00. The molecule has 0 saturated carbocycles. The predicted molar refractivity (Wildman–Crippen MR) is 127 cm³/mol. The van der Waals surface area contributed by atoms with E-state index >= 15 is 0 Å². The Morgan fingerprint density at radius 2 is 1.24 bits per heavy atom. The first-order valence-corrected chi connectivity index (χ1v) is 12.8. The maximum atomic E-state index is 13.2. The molecule has 0 amide bonds. The summed E-state index contributed by atoms with van der Waals surface area (Å²) in [6, 6.07) is 34.3. The first-order valence-electron chi connectivity index (χ1n) is 11.6. The fourth-order valence-corrected chi connectivity index (χ4v) is 4.15. The van der Waals surface area contributed by atoms with Crippen LogP contribution in [0.1, 0.15) is 28.3 Å². The first kappa shape index (κ1) is 28.0. The van der Waals surface area contributed by atoms with Gasteiger partial charge in [-0.25, -0.2) is 18.6 Å². The van der Waals surface area contributed by atoms with Gasteiger partial charge in [-0.2, -0.15) is 4.57 Å². The molecule has 37 heavy (non-hydrogen) atoms. The summed E-state index contributed by atoms with van der Waals surface area (Å²) < 4.78 is 42.0. The minimum atomic E-state index is -4.94. The number of pyridine rings is 1. The Labute approximate surface area is 218 Å². The fraction of sp³-hybridized carbons (Fsp3) is 0.172. The third-order valence-corrected chi connectivity index (χ3v) is 5.65. The number of rotatable bonds is 7. The molecule has 0 aliphatic rings. The standard InChI is InChI=1S/C29H28NO2.ClHO4/c1-22-20-23(2)30(27(21-22)24-12-6-3-7-13-24)18-19-32-29(31)28(25-14-8-4-9-15-25)26-16-10-5-11-17-26;2-1(3,4)5/h3-17,20-21,28H,18-19H2,1-2H3;(H,2,3,4,5)/q+1;/p-1. The van der Waals surface area contributed by atoms with Crippen molar-refractivity contribution in [2.45, 2.75) is 26.3 Å². The number of carbonyl (C=O) groups is 1. The molecule has 1 heterocycles. The van der Waals surface area contributed by atoms with Crippen molar-refractivity contribution in [1.29, 1.82) is 0 Å². The Morgan fingerprint density at radius 1 is 0.784 bits per heavy atom. The SMILES string of the molecule is Cc1cc(C)[n+](CCOC(=O)C(c2ccccc2)c2ccccc2)c(-c2ccccc2)c1.[O-][Cl+3]([O-])([O-])[O-]. The van der Waals surface area contributed by atoms with E-state index in [9.17, 15) is 4.79 Å². The summed E-state index contributed by atoms with van der Waals surface area (Å²) in [7, 11) is -4.94. The highest BCUT2D eigenvalue weighted by Crippen LogP contribution is 2.26. The number of benzene rings is 3. The van der Waals surface area contributed by atoms with Crippen LogP contribution in [0.5, 0.6) is 0 Å². The highest BCUT2D eigenvalue weighted by Gasteiger charge is 2.25. The molecule has 0 atom stereocenters. The molecule has 4 aromatic rings. The van der Waals surface area contributed by atoms with Crippen molar-refractivity contribution in [3.8, 4) is 11.3 Å². The average Bonchev–Trinajstić information content (AvgIpc) is 2.86. The van der Waals surface area contributed by atoms with E-state index in [1.54, 1.807) is 0 Å². The molecule has 8 heteroatoms. The molecular weight excluding hydrogens is 494 g/mol. The molecule has 192 valence electrons. The van der Waals surface area contributed by atoms with Crippen molar-refractivity contribution in [3.63, 3.8) is 0 Å². The van der Waals surface area contributed by atoms with Gasteiger partial charge in [0.25, 0.3) is 0 Å². The van der Waals surface area contributed by atoms with E-state index in [1.807, 2.05) is 78.9 Å². The van der Waals surface area contributed by atoms with E-state index in [2.05, 4.69) is 42.7 Å². The maximum Gasteiger partial charge on any atom is 0.318 e. The van der Waals surface area contributed by atoms with E-state index in [0.29, 0.717) is 13.2 Å². The van der Waals surface area contributed by atoms with Crippen molar-refractivity contribution in [3.05, 3.63) is 126 Å². The predicted octanol–water partition coefficient (Wildman–Crippen LogP) is 0.877. The minimum Gasteiger partial charge on any atom is -0.458 e. The molecule has 4 rings (SSSR count). The number of hydrogen-bond donors (Lipinski definition) is 0. The van der Waals surface area contributed by atoms with E-state index in [1.165, 1.54) is 5.56 Å². The van der Waals surface area contributed by atoms with Crippen LogP contribution in [-0.4, -0.2) is 12.6 Å². The van der Waals surface area contributed by atoms with E-state index < -0.39 is 16.2 Å². The van der Waals surface area contributed by atoms with Crippen LogP contribution < -0.4 is 23.2 Å². The van der Waals surface area contributed by atoms with Crippen LogP contribution in [0.4, 0.5) is 0 Å². The van der Waals surface area contributed by atoms with Gasteiger partial charge < -0.3 is 4.74 Å². The summed E-state index contributed by atoms with van der Waals surface area (Å²) >= 11 is 0. The molecule has 0 fully saturated rings. The van der Waals surface area contributed by atoms with Gasteiger partial charge in [-0.1, -0.05) is 78.9 Å². The highest BCUT2D eigenvalue weighted by atomic mass is 35.7. The largest absolute Gasteiger partial charge is 0.458 e. The smallest absolute Gasteiger partial charge is 0.318 e. The van der Waals surface area contributed by atoms with Crippen molar-refractivity contribution in [1.82, 2.24) is 0 Å². The number of nitrogens with zero attached hydrogens (tertiary/aromatic N) is 1. The van der Waals surface area contributed by atoms with Crippen LogP contribution in [0.25, 0.3) is 11.3 Å². The van der Waals surface area contributed by atoms with Gasteiger partial charge in [0.05, 0.1) is 0 Å². The van der Waals surface area contributed by atoms with Crippen molar-refractivity contribution >= 4 is 5.97 Å². The van der Waals surface area contributed by atoms with Crippen LogP contribution in [0, 0.1) is 24.1 Å². The lowest BCUT2D eigenvalue weighted by Crippen LogP contribution is -2.68. The van der Waals surface area contributed by atoms with Gasteiger partial charge in [0.2, 0.25) is 5.69 Å². The Hall–Kier alpha value is -3.59. The number of aromatic nitrogens is 1. The number of halogens is 1. The van der Waals surface area contributed by atoms with Crippen molar-refractivity contribution < 1.29 is 43.0 Å². The van der Waals surface area contributed by atoms with Crippen molar-refractivity contribution in [2.24, 2.45) is 0 Å². The zero-order valence-electron chi connectivity index (χ0n) is 20.6. The average molecular weight is 522 g/mol. The molecule has 0 saturated heterocycles. The Kier molecular flexibility index (Phi) is 9.91. The number of esters is 1. The number of hydrogen-bond acceptors (Lipinski definition) is 6. The second-order valence-corrected chi connectivity index (χ2v) is 9.13. The summed E-state index contributed by atoms with van der Waals surface area (Å²) in [5.74, 6) is -0.663. The molecule has 0 aliphatic heterocycles. The van der Waals surface area contributed by atoms with Crippen LogP contribution in [-0.2, 0) is 16.1 Å². The molecule has 1 aromatic heterocycles. The summed E-state index contributed by atoms with van der Waals surface area (Å²) in [5.41, 5.74) is 6.50. The first-order chi connectivity index (χ1) is 17.6. The third-order valence-electron chi connectivity index (χ3n) is 5.65. The Bertz CT molecular complexity index is 1230. The quantitative estimate of drug-likeness (QED) is 0.263. The second-order valence-electron chi connectivity index (χ2n) is 8.38. The number of ether oxygens (including phenoxy) is 1. The number of carbonyl (C=O) groups excluding carboxylic acids is 1. The van der Waals surface area contributed by atoms with Gasteiger partial charge in [0.1, 0.15) is 5.92 Å². The fourth-order valence-electron chi connectivity index (χ4n) is 4.15. The van der Waals surface area contributed by atoms with Gasteiger partial charge in [-0.15, -0.1) is 10.2 Å². The monoisotopic (exact) mass is 521 g/mol. The van der Waals surface area contributed by atoms with Gasteiger partial charge in [-0.3, -0.25) is 4.79 Å². The molecule has 0 unspecified atom stereocenters. The molecule has 0 aliphatic carbocycles. The molecule has 0 bridgehead atoms.